The van der Waals surface area contributed by atoms with Crippen molar-refractivity contribution in [3.63, 3.8) is 0 Å². The minimum Gasteiger partial charge on any atom is -0.459 e. The lowest BCUT2D eigenvalue weighted by atomic mass is 9.95. The average molecular weight is 348 g/mol. The van der Waals surface area contributed by atoms with E-state index in [1.807, 2.05) is 9.80 Å². The zero-order valence-electron chi connectivity index (χ0n) is 14.2. The molecule has 0 saturated carbocycles. The van der Waals surface area contributed by atoms with Crippen molar-refractivity contribution in [1.82, 2.24) is 14.7 Å². The third kappa shape index (κ3) is 4.19. The molecule has 3 heterocycles. The smallest absolute Gasteiger partial charge is 0.289 e. The number of piperazine rings is 1. The summed E-state index contributed by atoms with van der Waals surface area (Å²) < 4.78 is 5.15. The maximum absolute atomic E-state index is 12.7. The molecule has 8 heteroatoms. The molecule has 0 aliphatic carbocycles. The third-order valence-electron chi connectivity index (χ3n) is 4.93. The summed E-state index contributed by atoms with van der Waals surface area (Å²) in [6.45, 7) is 3.83. The van der Waals surface area contributed by atoms with Gasteiger partial charge >= 0.3 is 0 Å². The Morgan fingerprint density at radius 2 is 1.68 bits per heavy atom. The molecule has 2 saturated heterocycles. The van der Waals surface area contributed by atoms with E-state index >= 15 is 0 Å². The number of amides is 3. The molecule has 1 aromatic rings. The van der Waals surface area contributed by atoms with E-state index in [1.54, 1.807) is 17.0 Å². The van der Waals surface area contributed by atoms with Gasteiger partial charge in [0.05, 0.1) is 12.8 Å². The Morgan fingerprint density at radius 3 is 2.24 bits per heavy atom. The molecule has 2 fully saturated rings. The van der Waals surface area contributed by atoms with E-state index in [0.717, 1.165) is 25.9 Å². The van der Waals surface area contributed by atoms with E-state index in [0.29, 0.717) is 31.9 Å². The maximum atomic E-state index is 12.7. The largest absolute Gasteiger partial charge is 0.459 e. The van der Waals surface area contributed by atoms with Gasteiger partial charge in [-0.25, -0.2) is 0 Å². The van der Waals surface area contributed by atoms with Gasteiger partial charge in [0.1, 0.15) is 0 Å². The van der Waals surface area contributed by atoms with Crippen molar-refractivity contribution < 1.29 is 18.8 Å². The standard InChI is InChI=1S/C17H24N4O4/c18-15(22)12-19-5-3-13(4-6-19)16(23)20-7-9-21(10-8-20)17(24)14-2-1-11-25-14/h1-2,11,13H,3-10,12H2,(H2,18,22). The molecule has 0 atom stereocenters. The lowest BCUT2D eigenvalue weighted by Gasteiger charge is -2.38. The molecule has 8 nitrogen and oxygen atoms in total. The molecule has 0 spiro atoms. The van der Waals surface area contributed by atoms with Crippen LogP contribution in [0.1, 0.15) is 23.4 Å². The first-order valence-corrected chi connectivity index (χ1v) is 8.67. The predicted molar refractivity (Wildman–Crippen MR) is 89.5 cm³/mol. The summed E-state index contributed by atoms with van der Waals surface area (Å²) in [5.74, 6) is 0.0286. The highest BCUT2D eigenvalue weighted by Crippen LogP contribution is 2.20. The van der Waals surface area contributed by atoms with Crippen LogP contribution in [0.3, 0.4) is 0 Å². The van der Waals surface area contributed by atoms with Crippen LogP contribution in [0.15, 0.2) is 22.8 Å². The molecule has 0 aromatic carbocycles. The van der Waals surface area contributed by atoms with Gasteiger partial charge in [-0.2, -0.15) is 0 Å². The number of furan rings is 1. The molecular formula is C17H24N4O4. The van der Waals surface area contributed by atoms with Gasteiger partial charge in [0.2, 0.25) is 11.8 Å². The topological polar surface area (TPSA) is 100 Å². The van der Waals surface area contributed by atoms with Gasteiger partial charge in [0, 0.05) is 32.1 Å². The Balaban J connectivity index is 1.46. The van der Waals surface area contributed by atoms with Crippen molar-refractivity contribution in [3.05, 3.63) is 24.2 Å². The Bertz CT molecular complexity index is 615. The number of primary amides is 1. The Kier molecular flexibility index (Phi) is 5.37. The molecule has 1 aromatic heterocycles. The number of rotatable bonds is 4. The lowest BCUT2D eigenvalue weighted by Crippen LogP contribution is -2.53. The molecule has 3 amide bonds. The Labute approximate surface area is 146 Å². The van der Waals surface area contributed by atoms with Gasteiger partial charge in [-0.3, -0.25) is 19.3 Å². The first-order valence-electron chi connectivity index (χ1n) is 8.67. The number of hydrogen-bond donors (Lipinski definition) is 1. The van der Waals surface area contributed by atoms with Gasteiger partial charge in [-0.1, -0.05) is 0 Å². The number of likely N-dealkylation sites (tertiary alicyclic amines) is 1. The molecule has 2 aliphatic rings. The molecule has 2 N–H and O–H groups in total. The van der Waals surface area contributed by atoms with Crippen LogP contribution in [-0.4, -0.2) is 78.2 Å². The van der Waals surface area contributed by atoms with Crippen LogP contribution < -0.4 is 5.73 Å². The molecule has 25 heavy (non-hydrogen) atoms. The number of nitrogens with two attached hydrogens (primary N) is 1. The van der Waals surface area contributed by atoms with Crippen molar-refractivity contribution in [1.29, 1.82) is 0 Å². The van der Waals surface area contributed by atoms with Crippen LogP contribution in [0.5, 0.6) is 0 Å². The van der Waals surface area contributed by atoms with E-state index in [-0.39, 0.29) is 30.2 Å². The van der Waals surface area contributed by atoms with Crippen LogP contribution in [0.4, 0.5) is 0 Å². The van der Waals surface area contributed by atoms with Gasteiger partial charge in [0.15, 0.2) is 5.76 Å². The molecular weight excluding hydrogens is 324 g/mol. The number of carbonyl (C=O) groups excluding carboxylic acids is 3. The fourth-order valence-electron chi connectivity index (χ4n) is 3.50. The summed E-state index contributed by atoms with van der Waals surface area (Å²) in [7, 11) is 0. The second-order valence-corrected chi connectivity index (χ2v) is 6.61. The Morgan fingerprint density at radius 1 is 1.04 bits per heavy atom. The minimum absolute atomic E-state index is 0.00329. The third-order valence-corrected chi connectivity index (χ3v) is 4.93. The first kappa shape index (κ1) is 17.5. The number of hydrogen-bond acceptors (Lipinski definition) is 5. The van der Waals surface area contributed by atoms with Crippen LogP contribution in [0.25, 0.3) is 0 Å². The zero-order chi connectivity index (χ0) is 17.8. The van der Waals surface area contributed by atoms with Crippen molar-refractivity contribution in [2.45, 2.75) is 12.8 Å². The summed E-state index contributed by atoms with van der Waals surface area (Å²) in [6, 6.07) is 3.34. The average Bonchev–Trinajstić information content (AvgIpc) is 3.15. The highest BCUT2D eigenvalue weighted by atomic mass is 16.3. The molecule has 0 bridgehead atoms. The van der Waals surface area contributed by atoms with Crippen molar-refractivity contribution in [3.8, 4) is 0 Å². The van der Waals surface area contributed by atoms with Crippen LogP contribution >= 0.6 is 0 Å². The van der Waals surface area contributed by atoms with E-state index < -0.39 is 0 Å². The normalized spacial score (nSPS) is 19.8. The second-order valence-electron chi connectivity index (χ2n) is 6.61. The van der Waals surface area contributed by atoms with E-state index in [2.05, 4.69) is 0 Å². The SMILES string of the molecule is NC(=O)CN1CCC(C(=O)N2CCN(C(=O)c3ccco3)CC2)CC1. The highest BCUT2D eigenvalue weighted by molar-refractivity contribution is 5.91. The van der Waals surface area contributed by atoms with Crippen LogP contribution in [0, 0.1) is 5.92 Å². The van der Waals surface area contributed by atoms with E-state index in [4.69, 9.17) is 10.2 Å². The summed E-state index contributed by atoms with van der Waals surface area (Å²) >= 11 is 0. The summed E-state index contributed by atoms with van der Waals surface area (Å²) in [5.41, 5.74) is 5.21. The van der Waals surface area contributed by atoms with Gasteiger partial charge < -0.3 is 20.0 Å². The lowest BCUT2D eigenvalue weighted by molar-refractivity contribution is -0.138. The number of piperidine rings is 1. The summed E-state index contributed by atoms with van der Waals surface area (Å²) in [5, 5.41) is 0. The minimum atomic E-state index is -0.331. The first-order chi connectivity index (χ1) is 12.0. The fourth-order valence-corrected chi connectivity index (χ4v) is 3.50. The fraction of sp³-hybridized carbons (Fsp3) is 0.588. The van der Waals surface area contributed by atoms with E-state index in [9.17, 15) is 14.4 Å². The second kappa shape index (κ2) is 7.69. The quantitative estimate of drug-likeness (QED) is 0.809. The number of nitrogens with zero attached hydrogens (tertiary/aromatic N) is 3. The monoisotopic (exact) mass is 348 g/mol. The molecule has 0 radical (unpaired) electrons. The molecule has 0 unspecified atom stereocenters. The van der Waals surface area contributed by atoms with Crippen molar-refractivity contribution in [2.24, 2.45) is 11.7 Å². The van der Waals surface area contributed by atoms with Crippen LogP contribution in [0.2, 0.25) is 0 Å². The maximum Gasteiger partial charge on any atom is 0.289 e. The van der Waals surface area contributed by atoms with Gasteiger partial charge in [-0.05, 0) is 38.1 Å². The summed E-state index contributed by atoms with van der Waals surface area (Å²) in [4.78, 5) is 41.5. The number of carbonyl (C=O) groups is 3. The Hall–Kier alpha value is -2.35. The van der Waals surface area contributed by atoms with Gasteiger partial charge in [0.25, 0.3) is 5.91 Å². The van der Waals surface area contributed by atoms with Gasteiger partial charge in [-0.15, -0.1) is 0 Å². The van der Waals surface area contributed by atoms with Crippen molar-refractivity contribution >= 4 is 17.7 Å². The van der Waals surface area contributed by atoms with E-state index in [1.165, 1.54) is 6.26 Å². The molecule has 136 valence electrons. The van der Waals surface area contributed by atoms with Crippen molar-refractivity contribution in [2.75, 3.05) is 45.8 Å². The summed E-state index contributed by atoms with van der Waals surface area (Å²) in [6.07, 6.45) is 2.98. The highest BCUT2D eigenvalue weighted by Gasteiger charge is 2.32. The zero-order valence-corrected chi connectivity index (χ0v) is 14.2. The molecule has 2 aliphatic heterocycles. The molecule has 3 rings (SSSR count). The van der Waals surface area contributed by atoms with Crippen LogP contribution in [-0.2, 0) is 9.59 Å². The predicted octanol–water partition coefficient (Wildman–Crippen LogP) is -0.239.